The Kier molecular flexibility index (Phi) is 5.46. The van der Waals surface area contributed by atoms with E-state index >= 15 is 0 Å². The van der Waals surface area contributed by atoms with E-state index in [-0.39, 0.29) is 11.6 Å². The number of nitrogens with zero attached hydrogens (tertiary/aromatic N) is 1. The summed E-state index contributed by atoms with van der Waals surface area (Å²) in [6.45, 7) is 2.13. The van der Waals surface area contributed by atoms with Crippen LogP contribution in [0.2, 0.25) is 0 Å². The minimum Gasteiger partial charge on any atom is -0.772 e. The summed E-state index contributed by atoms with van der Waals surface area (Å²) in [5.74, 6) is -0.244. The molecule has 25 heavy (non-hydrogen) atoms. The molecule has 0 N–H and O–H groups in total. The Balaban J connectivity index is 2.04. The van der Waals surface area contributed by atoms with Gasteiger partial charge in [-0.15, -0.1) is 0 Å². The van der Waals surface area contributed by atoms with Crippen LogP contribution >= 0.6 is 0 Å². The van der Waals surface area contributed by atoms with Gasteiger partial charge in [0.05, 0.1) is 5.69 Å². The second kappa shape index (κ2) is 7.76. The average Bonchev–Trinajstić information content (AvgIpc) is 3.00. The van der Waals surface area contributed by atoms with Gasteiger partial charge in [0.15, 0.2) is 0 Å². The number of benzene rings is 2. The van der Waals surface area contributed by atoms with Gasteiger partial charge in [-0.25, -0.2) is 4.39 Å². The summed E-state index contributed by atoms with van der Waals surface area (Å²) in [4.78, 5) is 0. The molecule has 3 aromatic rings. The monoisotopic (exact) mass is 356 g/mol. The summed E-state index contributed by atoms with van der Waals surface area (Å²) >= 11 is -2.09. The molecule has 3 nitrogen and oxygen atoms in total. The van der Waals surface area contributed by atoms with E-state index in [9.17, 15) is 13.2 Å². The smallest absolute Gasteiger partial charge is 0.123 e. The molecule has 0 amide bonds. The van der Waals surface area contributed by atoms with Gasteiger partial charge in [0.25, 0.3) is 0 Å². The van der Waals surface area contributed by atoms with Gasteiger partial charge in [0.1, 0.15) is 5.82 Å². The number of aromatic nitrogens is 1. The van der Waals surface area contributed by atoms with Crippen molar-refractivity contribution in [1.29, 1.82) is 0 Å². The Labute approximate surface area is 149 Å². The fourth-order valence-corrected chi connectivity index (χ4v) is 3.44. The maximum Gasteiger partial charge on any atom is 0.123 e. The van der Waals surface area contributed by atoms with Crippen molar-refractivity contribution in [1.82, 2.24) is 4.57 Å². The SMILES string of the molecule is CCCc1ccn(-c2ccc(CS(=O)[O-])cc2)c1-c1ccc(F)cc1. The van der Waals surface area contributed by atoms with Crippen LogP contribution in [0.3, 0.4) is 0 Å². The summed E-state index contributed by atoms with van der Waals surface area (Å²) < 4.78 is 37.0. The maximum atomic E-state index is 13.3. The minimum absolute atomic E-state index is 0.0118. The summed E-state index contributed by atoms with van der Waals surface area (Å²) in [7, 11) is 0. The topological polar surface area (TPSA) is 45.1 Å². The molecular weight excluding hydrogens is 337 g/mol. The Bertz CT molecular complexity index is 870. The zero-order valence-corrected chi connectivity index (χ0v) is 14.8. The molecule has 2 aromatic carbocycles. The summed E-state index contributed by atoms with van der Waals surface area (Å²) in [6, 6.07) is 16.0. The van der Waals surface area contributed by atoms with Crippen molar-refractivity contribution in [2.45, 2.75) is 25.5 Å². The number of rotatable bonds is 6. The molecule has 3 rings (SSSR count). The lowest BCUT2D eigenvalue weighted by molar-refractivity contribution is 0.536. The fourth-order valence-electron chi connectivity index (χ4n) is 2.98. The van der Waals surface area contributed by atoms with Crippen LogP contribution < -0.4 is 0 Å². The molecule has 0 radical (unpaired) electrons. The van der Waals surface area contributed by atoms with Gasteiger partial charge in [-0.2, -0.15) is 0 Å². The molecule has 0 fully saturated rings. The minimum atomic E-state index is -2.09. The fraction of sp³-hybridized carbons (Fsp3) is 0.200. The third-order valence-corrected chi connectivity index (χ3v) is 4.67. The van der Waals surface area contributed by atoms with Gasteiger partial charge >= 0.3 is 0 Å². The lowest BCUT2D eigenvalue weighted by Gasteiger charge is -2.13. The third-order valence-electron chi connectivity index (χ3n) is 4.11. The van der Waals surface area contributed by atoms with E-state index in [2.05, 4.69) is 17.6 Å². The normalized spacial score (nSPS) is 12.3. The average molecular weight is 356 g/mol. The molecule has 0 aliphatic rings. The highest BCUT2D eigenvalue weighted by Gasteiger charge is 2.12. The largest absolute Gasteiger partial charge is 0.772 e. The molecule has 0 saturated carbocycles. The van der Waals surface area contributed by atoms with Crippen LogP contribution in [0, 0.1) is 5.82 Å². The molecule has 0 aliphatic heterocycles. The first-order valence-corrected chi connectivity index (χ1v) is 9.44. The van der Waals surface area contributed by atoms with Gasteiger partial charge in [-0.1, -0.05) is 36.6 Å². The van der Waals surface area contributed by atoms with Crippen LogP contribution in [-0.2, 0) is 23.3 Å². The van der Waals surface area contributed by atoms with Gasteiger partial charge in [0, 0.05) is 17.6 Å². The van der Waals surface area contributed by atoms with E-state index in [1.165, 1.54) is 17.7 Å². The molecule has 130 valence electrons. The first kappa shape index (κ1) is 17.6. The maximum absolute atomic E-state index is 13.3. The van der Waals surface area contributed by atoms with Crippen molar-refractivity contribution in [2.24, 2.45) is 0 Å². The van der Waals surface area contributed by atoms with Crippen LogP contribution in [0.1, 0.15) is 24.5 Å². The van der Waals surface area contributed by atoms with E-state index in [0.29, 0.717) is 0 Å². The third kappa shape index (κ3) is 4.06. The molecule has 5 heteroatoms. The first-order chi connectivity index (χ1) is 12.1. The van der Waals surface area contributed by atoms with Crippen LogP contribution in [0.4, 0.5) is 4.39 Å². The summed E-state index contributed by atoms with van der Waals surface area (Å²) in [6.07, 6.45) is 3.96. The Hall–Kier alpha value is -2.24. The van der Waals surface area contributed by atoms with Crippen molar-refractivity contribution in [2.75, 3.05) is 0 Å². The van der Waals surface area contributed by atoms with Crippen molar-refractivity contribution in [3.8, 4) is 16.9 Å². The van der Waals surface area contributed by atoms with E-state index in [1.54, 1.807) is 12.1 Å². The lowest BCUT2D eigenvalue weighted by Crippen LogP contribution is -1.99. The molecule has 1 unspecified atom stereocenters. The van der Waals surface area contributed by atoms with Crippen molar-refractivity contribution < 1.29 is 13.2 Å². The molecule has 1 heterocycles. The molecule has 0 aliphatic carbocycles. The quantitative estimate of drug-likeness (QED) is 0.605. The van der Waals surface area contributed by atoms with Crippen molar-refractivity contribution in [3.05, 3.63) is 77.7 Å². The second-order valence-corrected chi connectivity index (χ2v) is 6.83. The molecule has 1 aromatic heterocycles. The van der Waals surface area contributed by atoms with E-state index in [0.717, 1.165) is 35.3 Å². The first-order valence-electron chi connectivity index (χ1n) is 8.20. The highest BCUT2D eigenvalue weighted by atomic mass is 32.2. The van der Waals surface area contributed by atoms with Crippen LogP contribution in [-0.4, -0.2) is 13.3 Å². The predicted octanol–water partition coefficient (Wildman–Crippen LogP) is 4.62. The number of hydrogen-bond donors (Lipinski definition) is 0. The zero-order chi connectivity index (χ0) is 17.8. The summed E-state index contributed by atoms with van der Waals surface area (Å²) in [5.41, 5.74) is 4.91. The van der Waals surface area contributed by atoms with Crippen LogP contribution in [0.5, 0.6) is 0 Å². The molecule has 1 atom stereocenters. The number of hydrogen-bond acceptors (Lipinski definition) is 2. The van der Waals surface area contributed by atoms with Gasteiger partial charge in [0.2, 0.25) is 0 Å². The molecule has 0 bridgehead atoms. The molecular formula is C20H19FNO2S-. The summed E-state index contributed by atoms with van der Waals surface area (Å²) in [5, 5.41) is 0. The van der Waals surface area contributed by atoms with Gasteiger partial charge in [-0.3, -0.25) is 4.21 Å². The molecule has 0 spiro atoms. The lowest BCUT2D eigenvalue weighted by atomic mass is 10.0. The highest BCUT2D eigenvalue weighted by molar-refractivity contribution is 7.78. The Morgan fingerprint density at radius 1 is 1.04 bits per heavy atom. The van der Waals surface area contributed by atoms with E-state index < -0.39 is 11.1 Å². The Morgan fingerprint density at radius 2 is 1.72 bits per heavy atom. The number of halogens is 1. The predicted molar refractivity (Wildman–Crippen MR) is 97.8 cm³/mol. The van der Waals surface area contributed by atoms with Crippen molar-refractivity contribution in [3.63, 3.8) is 0 Å². The van der Waals surface area contributed by atoms with Gasteiger partial charge < -0.3 is 9.12 Å². The number of aryl methyl sites for hydroxylation is 1. The van der Waals surface area contributed by atoms with Crippen molar-refractivity contribution >= 4 is 11.1 Å². The van der Waals surface area contributed by atoms with Crippen LogP contribution in [0.15, 0.2) is 60.8 Å². The Morgan fingerprint density at radius 3 is 2.32 bits per heavy atom. The van der Waals surface area contributed by atoms with Crippen LogP contribution in [0.25, 0.3) is 16.9 Å². The standard InChI is InChI=1S/C20H20FNO2S/c1-2-3-16-12-13-22(20(16)17-6-8-18(21)9-7-17)19-10-4-15(5-11-19)14-25(23)24/h4-13H,2-3,14H2,1H3,(H,23,24)/p-1. The van der Waals surface area contributed by atoms with E-state index in [1.807, 2.05) is 30.5 Å². The molecule has 0 saturated heterocycles. The van der Waals surface area contributed by atoms with E-state index in [4.69, 9.17) is 0 Å². The second-order valence-electron chi connectivity index (χ2n) is 5.93. The highest BCUT2D eigenvalue weighted by Crippen LogP contribution is 2.29. The van der Waals surface area contributed by atoms with Gasteiger partial charge in [-0.05, 0) is 65.6 Å². The zero-order valence-electron chi connectivity index (χ0n) is 13.9.